The molecule has 542 valence electrons. The molecular formula is C98H106Ge6N4. The van der Waals surface area contributed by atoms with E-state index in [-0.39, 0.29) is 0 Å². The van der Waals surface area contributed by atoms with Gasteiger partial charge in [0.1, 0.15) is 0 Å². The van der Waals surface area contributed by atoms with Crippen LogP contribution in [0.25, 0.3) is 53.9 Å². The third-order valence-electron chi connectivity index (χ3n) is 21.6. The molecule has 15 rings (SSSR count). The predicted octanol–water partition coefficient (Wildman–Crippen LogP) is 26.3. The van der Waals surface area contributed by atoms with E-state index in [1.54, 1.807) is 0 Å². The van der Waals surface area contributed by atoms with Crippen LogP contribution in [0.2, 0.25) is 104 Å². The Hall–Kier alpha value is -7.94. The zero-order chi connectivity index (χ0) is 76.2. The van der Waals surface area contributed by atoms with Crippen molar-refractivity contribution in [3.05, 3.63) is 315 Å². The second-order valence-corrected chi connectivity index (χ2v) is 99.5. The number of hydrogen-bond donors (Lipinski definition) is 0. The molecule has 0 aromatic heterocycles. The molecule has 0 N–H and O–H groups in total. The van der Waals surface area contributed by atoms with Gasteiger partial charge < -0.3 is 0 Å². The second-order valence-electron chi connectivity index (χ2n) is 35.6. The Kier molecular flexibility index (Phi) is 21.9. The molecular weight excluding hydrogens is 1670 g/mol. The molecule has 0 atom stereocenters. The summed E-state index contributed by atoms with van der Waals surface area (Å²) in [7, 11) is 0. The number of benzene rings is 15. The van der Waals surface area contributed by atoms with E-state index in [2.05, 4.69) is 439 Å². The summed E-state index contributed by atoms with van der Waals surface area (Å²) in [6.07, 6.45) is 0. The summed E-state index contributed by atoms with van der Waals surface area (Å²) in [6.45, 7) is 0. The van der Waals surface area contributed by atoms with Crippen LogP contribution in [0.1, 0.15) is 0 Å². The van der Waals surface area contributed by atoms with E-state index in [1.165, 1.54) is 137 Å². The predicted molar refractivity (Wildman–Crippen MR) is 497 cm³/mol. The van der Waals surface area contributed by atoms with E-state index < -0.39 is 79.6 Å². The summed E-state index contributed by atoms with van der Waals surface area (Å²) in [5.41, 5.74) is 14.2. The van der Waals surface area contributed by atoms with Gasteiger partial charge in [-0.1, -0.05) is 0 Å². The van der Waals surface area contributed by atoms with E-state index in [0.29, 0.717) is 0 Å². The third kappa shape index (κ3) is 16.0. The number of rotatable bonds is 18. The normalized spacial score (nSPS) is 12.4. The van der Waals surface area contributed by atoms with Crippen LogP contribution in [-0.4, -0.2) is 79.6 Å². The molecule has 0 saturated heterocycles. The molecule has 0 aliphatic heterocycles. The standard InChI is InChI=1S/C50H60Ge4N2.C48H46Ge2N2/c1-51(2,3)37-21-29-41(30-22-37)55(42-31-23-38(24-32-42)52(4,5)6)49-45-17-13-15-19-47(45)50(48-20-16-14-18-46(48)49)56(43-33-25-39(26-34-43)53(7,8)9)44-35-27-40(28-36-44)54(10,11)12;1-49(2,3)35-25-29-39(30-26-35)51(37-17-9-7-10-18-37)47-33-45-42-22-14-16-24-44(42)48(34-46(45)41-21-13-15-23-43(41)47)52(38-19-11-8-12-20-38)40-31-27-36(28-32-40)50(4,5)6/h13-36H,1-12H3;7-34H,1-6H3. The van der Waals surface area contributed by atoms with E-state index in [4.69, 9.17) is 0 Å². The summed E-state index contributed by atoms with van der Waals surface area (Å²) in [6, 6.07) is 120. The van der Waals surface area contributed by atoms with Gasteiger partial charge in [-0.3, -0.25) is 0 Å². The molecule has 0 heterocycles. The Bertz CT molecular complexity index is 5180. The van der Waals surface area contributed by atoms with Gasteiger partial charge in [-0.05, 0) is 0 Å². The fourth-order valence-electron chi connectivity index (χ4n) is 15.3. The number of fused-ring (bicyclic) bond motifs is 7. The van der Waals surface area contributed by atoms with Crippen molar-refractivity contribution in [3.8, 4) is 0 Å². The number of hydrogen-bond acceptors (Lipinski definition) is 4. The topological polar surface area (TPSA) is 13.0 Å². The molecule has 0 radical (unpaired) electrons. The SMILES string of the molecule is [CH3][Ge]([CH3])([CH3])[c]1ccc(N(c2cc[c]([Ge]([CH3])([CH3])[CH3])cc2)c2c3ccccc3c(N(c3cc[c]([Ge]([CH3])([CH3])[CH3])cc3)c3cc[c]([Ge]([CH3])([CH3])[CH3])cc3)c3ccccc23)cc1.[CH3][Ge]([CH3])([CH3])[c]1ccc(N(c2ccccc2)c2cc3c4ccccc4c(N(c4ccccc4)c4cc[c]([Ge]([CH3])([CH3])[CH3])cc4)cc3c3ccccc23)cc1. The first-order valence-corrected chi connectivity index (χ1v) is 82.7. The van der Waals surface area contributed by atoms with E-state index >= 15 is 0 Å². The van der Waals surface area contributed by atoms with Gasteiger partial charge in [0.05, 0.1) is 0 Å². The minimum atomic E-state index is -2.04. The van der Waals surface area contributed by atoms with Crippen molar-refractivity contribution in [2.75, 3.05) is 19.6 Å². The number of anilines is 12. The first-order valence-electron chi connectivity index (χ1n) is 38.6. The molecule has 0 saturated carbocycles. The minimum absolute atomic E-state index is 1.15. The molecule has 10 heteroatoms. The molecule has 0 amide bonds. The Morgan fingerprint density at radius 3 is 0.519 bits per heavy atom. The molecule has 0 aliphatic rings. The van der Waals surface area contributed by atoms with Crippen LogP contribution in [0.3, 0.4) is 0 Å². The zero-order valence-corrected chi connectivity index (χ0v) is 79.4. The summed E-state index contributed by atoms with van der Waals surface area (Å²) >= 11 is -12.1. The Balaban J connectivity index is 0.000000181. The van der Waals surface area contributed by atoms with Crippen molar-refractivity contribution in [1.82, 2.24) is 0 Å². The Labute approximate surface area is 660 Å². The summed E-state index contributed by atoms with van der Waals surface area (Å²) in [5.74, 6) is 44.5. The van der Waals surface area contributed by atoms with Gasteiger partial charge in [0, 0.05) is 0 Å². The van der Waals surface area contributed by atoms with Crippen molar-refractivity contribution in [1.29, 1.82) is 0 Å². The molecule has 15 aromatic carbocycles. The van der Waals surface area contributed by atoms with E-state index in [9.17, 15) is 0 Å². The van der Waals surface area contributed by atoms with Crippen LogP contribution in [0, 0.1) is 0 Å². The summed E-state index contributed by atoms with van der Waals surface area (Å²) in [5, 5.41) is 12.4. The summed E-state index contributed by atoms with van der Waals surface area (Å²) < 4.78 is 9.11. The van der Waals surface area contributed by atoms with Crippen LogP contribution in [0.4, 0.5) is 68.2 Å². The van der Waals surface area contributed by atoms with Crippen LogP contribution in [-0.2, 0) is 0 Å². The maximum atomic E-state index is 2.53. The van der Waals surface area contributed by atoms with Crippen molar-refractivity contribution >= 4 is 228 Å². The maximum absolute atomic E-state index is 2.53. The van der Waals surface area contributed by atoms with Gasteiger partial charge in [-0.2, -0.15) is 0 Å². The Morgan fingerprint density at radius 2 is 0.315 bits per heavy atom. The number of nitrogens with zero attached hydrogens (tertiary/aromatic N) is 4. The van der Waals surface area contributed by atoms with Crippen LogP contribution in [0.5, 0.6) is 0 Å². The fraction of sp³-hybridized carbons (Fsp3) is 0.184. The molecule has 0 fully saturated rings. The van der Waals surface area contributed by atoms with Crippen LogP contribution in [0.15, 0.2) is 315 Å². The number of para-hydroxylation sites is 2. The van der Waals surface area contributed by atoms with Gasteiger partial charge >= 0.3 is 667 Å². The van der Waals surface area contributed by atoms with Crippen molar-refractivity contribution in [2.24, 2.45) is 0 Å². The van der Waals surface area contributed by atoms with Gasteiger partial charge in [-0.25, -0.2) is 0 Å². The van der Waals surface area contributed by atoms with Gasteiger partial charge in [0.2, 0.25) is 0 Å². The molecule has 15 aromatic rings. The summed E-state index contributed by atoms with van der Waals surface area (Å²) in [4.78, 5) is 9.96. The molecule has 0 unspecified atom stereocenters. The molecule has 108 heavy (non-hydrogen) atoms. The zero-order valence-electron chi connectivity index (χ0n) is 66.8. The first kappa shape index (κ1) is 76.8. The molecule has 0 aliphatic carbocycles. The first-order chi connectivity index (χ1) is 51.4. The second kappa shape index (κ2) is 30.7. The quantitative estimate of drug-likeness (QED) is 0.0367. The van der Waals surface area contributed by atoms with Gasteiger partial charge in [0.15, 0.2) is 0 Å². The van der Waals surface area contributed by atoms with Gasteiger partial charge in [0.25, 0.3) is 0 Å². The van der Waals surface area contributed by atoms with Gasteiger partial charge in [-0.15, -0.1) is 0 Å². The van der Waals surface area contributed by atoms with E-state index in [1.807, 2.05) is 0 Å². The van der Waals surface area contributed by atoms with Crippen molar-refractivity contribution in [2.45, 2.75) is 104 Å². The monoisotopic (exact) mass is 1780 g/mol. The molecule has 0 spiro atoms. The fourth-order valence-corrected chi connectivity index (χ4v) is 30.0. The Morgan fingerprint density at radius 1 is 0.148 bits per heavy atom. The van der Waals surface area contributed by atoms with Crippen molar-refractivity contribution in [3.63, 3.8) is 0 Å². The van der Waals surface area contributed by atoms with Crippen LogP contribution >= 0.6 is 0 Å². The average Bonchev–Trinajstić information content (AvgIpc) is 0.727. The van der Waals surface area contributed by atoms with Crippen LogP contribution < -0.4 is 46.0 Å². The average molecular weight is 1780 g/mol. The van der Waals surface area contributed by atoms with Crippen molar-refractivity contribution < 1.29 is 0 Å². The third-order valence-corrected chi connectivity index (χ3v) is 47.6. The molecule has 0 bridgehead atoms. The van der Waals surface area contributed by atoms with E-state index in [0.717, 1.165) is 11.4 Å². The molecule has 4 nitrogen and oxygen atoms in total.